The van der Waals surface area contributed by atoms with Crippen molar-refractivity contribution in [2.75, 3.05) is 4.90 Å². The number of nitrogens with zero attached hydrogens (tertiary/aromatic N) is 1. The second-order valence-corrected chi connectivity index (χ2v) is 9.37. The average Bonchev–Trinajstić information content (AvgIpc) is 2.96. The first-order chi connectivity index (χ1) is 17.9. The third kappa shape index (κ3) is 3.34. The van der Waals surface area contributed by atoms with Crippen molar-refractivity contribution in [3.63, 3.8) is 0 Å². The second-order valence-electron chi connectivity index (χ2n) is 9.37. The van der Waals surface area contributed by atoms with Crippen molar-refractivity contribution in [2.45, 2.75) is 0 Å². The van der Waals surface area contributed by atoms with Gasteiger partial charge in [-0.3, -0.25) is 0 Å². The Labute approximate surface area is 212 Å². The van der Waals surface area contributed by atoms with E-state index in [2.05, 4.69) is 150 Å². The van der Waals surface area contributed by atoms with Gasteiger partial charge in [-0.1, -0.05) is 127 Å². The van der Waals surface area contributed by atoms with E-state index in [0.717, 1.165) is 0 Å². The van der Waals surface area contributed by atoms with E-state index in [0.29, 0.717) is 0 Å². The van der Waals surface area contributed by atoms with Crippen molar-refractivity contribution >= 4 is 50.9 Å². The molecule has 7 rings (SSSR count). The van der Waals surface area contributed by atoms with Gasteiger partial charge in [0, 0.05) is 17.1 Å². The van der Waals surface area contributed by atoms with Gasteiger partial charge >= 0.3 is 0 Å². The lowest BCUT2D eigenvalue weighted by Gasteiger charge is -2.37. The molecule has 1 heterocycles. The lowest BCUT2D eigenvalue weighted by Crippen LogP contribution is -2.57. The van der Waals surface area contributed by atoms with Gasteiger partial charge in [0.15, 0.2) is 0 Å². The molecule has 0 N–H and O–H groups in total. The predicted molar refractivity (Wildman–Crippen MR) is 155 cm³/mol. The maximum absolute atomic E-state index is 2.42. The van der Waals surface area contributed by atoms with E-state index in [4.69, 9.17) is 0 Å². The van der Waals surface area contributed by atoms with Crippen LogP contribution < -0.4 is 21.3 Å². The van der Waals surface area contributed by atoms with Gasteiger partial charge in [-0.05, 0) is 57.1 Å². The molecule has 1 aliphatic heterocycles. The zero-order valence-electron chi connectivity index (χ0n) is 19.9. The summed E-state index contributed by atoms with van der Waals surface area (Å²) < 4.78 is 0. The molecule has 0 saturated carbocycles. The van der Waals surface area contributed by atoms with Crippen LogP contribution in [0.15, 0.2) is 146 Å². The molecule has 36 heavy (non-hydrogen) atoms. The second kappa shape index (κ2) is 8.59. The van der Waals surface area contributed by atoms with Crippen molar-refractivity contribution < 1.29 is 0 Å². The highest BCUT2D eigenvalue weighted by Gasteiger charge is 2.35. The number of fused-ring (bicyclic) bond motifs is 3. The number of hydrogen-bond acceptors (Lipinski definition) is 1. The normalized spacial score (nSPS) is 12.3. The molecule has 0 radical (unpaired) electrons. The molecule has 6 aromatic carbocycles. The highest BCUT2D eigenvalue weighted by Crippen LogP contribution is 2.36. The molecular formula is C34H24BN. The third-order valence-electron chi connectivity index (χ3n) is 7.34. The summed E-state index contributed by atoms with van der Waals surface area (Å²) in [6, 6.07) is 52.7. The Hall–Kier alpha value is -4.56. The van der Waals surface area contributed by atoms with Crippen LogP contribution in [0.2, 0.25) is 0 Å². The molecule has 0 amide bonds. The van der Waals surface area contributed by atoms with Gasteiger partial charge < -0.3 is 4.90 Å². The van der Waals surface area contributed by atoms with Crippen molar-refractivity contribution in [3.8, 4) is 11.1 Å². The molecule has 1 aliphatic rings. The van der Waals surface area contributed by atoms with Crippen LogP contribution >= 0.6 is 0 Å². The molecular weight excluding hydrogens is 433 g/mol. The van der Waals surface area contributed by atoms with Crippen molar-refractivity contribution in [3.05, 3.63) is 146 Å². The van der Waals surface area contributed by atoms with Crippen LogP contribution in [0, 0.1) is 0 Å². The maximum atomic E-state index is 2.42. The first-order valence-corrected chi connectivity index (χ1v) is 12.5. The molecule has 0 aromatic heterocycles. The summed E-state index contributed by atoms with van der Waals surface area (Å²) in [5.74, 6) is 0. The topological polar surface area (TPSA) is 3.24 Å². The highest BCUT2D eigenvalue weighted by atomic mass is 15.1. The van der Waals surface area contributed by atoms with Crippen LogP contribution in [0.5, 0.6) is 0 Å². The smallest absolute Gasteiger partial charge is 0.247 e. The Bertz CT molecular complexity index is 1640. The number of benzene rings is 6. The third-order valence-corrected chi connectivity index (χ3v) is 7.34. The zero-order valence-corrected chi connectivity index (χ0v) is 19.9. The van der Waals surface area contributed by atoms with E-state index in [1.165, 1.54) is 55.3 Å². The molecule has 6 aromatic rings. The van der Waals surface area contributed by atoms with Gasteiger partial charge in [0.25, 0.3) is 0 Å². The summed E-state index contributed by atoms with van der Waals surface area (Å²) in [5.41, 5.74) is 10.1. The first-order valence-electron chi connectivity index (χ1n) is 12.5. The minimum atomic E-state index is 0.170. The number of rotatable bonds is 3. The van der Waals surface area contributed by atoms with E-state index < -0.39 is 0 Å². The molecule has 1 nitrogen and oxygen atoms in total. The van der Waals surface area contributed by atoms with Crippen LogP contribution in [-0.2, 0) is 0 Å². The fraction of sp³-hybridized carbons (Fsp3) is 0. The Morgan fingerprint density at radius 2 is 0.917 bits per heavy atom. The predicted octanol–water partition coefficient (Wildman–Crippen LogP) is 6.81. The largest absolute Gasteiger partial charge is 0.312 e. The average molecular weight is 457 g/mol. The van der Waals surface area contributed by atoms with Gasteiger partial charge in [-0.2, -0.15) is 0 Å². The van der Waals surface area contributed by atoms with Gasteiger partial charge in [-0.15, -0.1) is 0 Å². The summed E-state index contributed by atoms with van der Waals surface area (Å²) in [4.78, 5) is 2.42. The van der Waals surface area contributed by atoms with Gasteiger partial charge in [-0.25, -0.2) is 0 Å². The molecule has 0 fully saturated rings. The van der Waals surface area contributed by atoms with Crippen molar-refractivity contribution in [1.82, 2.24) is 0 Å². The molecule has 2 heteroatoms. The molecule has 0 saturated heterocycles. The first kappa shape index (κ1) is 20.8. The Balaban J connectivity index is 1.42. The number of para-hydroxylation sites is 2. The number of hydrogen-bond donors (Lipinski definition) is 0. The van der Waals surface area contributed by atoms with E-state index >= 15 is 0 Å². The standard InChI is InChI=1S/C34H24BN/c1-2-11-25(12-3-1)26-21-23-28(24-22-26)36-33-19-8-6-16-31(33)35(32-17-7-9-20-34(32)36)30-18-10-14-27-13-4-5-15-29(27)30/h1-24H. The Morgan fingerprint density at radius 1 is 0.389 bits per heavy atom. The van der Waals surface area contributed by atoms with Crippen LogP contribution in [0.4, 0.5) is 17.1 Å². The van der Waals surface area contributed by atoms with Crippen LogP contribution in [0.25, 0.3) is 21.9 Å². The van der Waals surface area contributed by atoms with E-state index in [9.17, 15) is 0 Å². The fourth-order valence-electron chi connectivity index (χ4n) is 5.72. The van der Waals surface area contributed by atoms with Gasteiger partial charge in [0.05, 0.1) is 0 Å². The molecule has 0 bridgehead atoms. The van der Waals surface area contributed by atoms with Gasteiger partial charge in [0.1, 0.15) is 0 Å². The monoisotopic (exact) mass is 457 g/mol. The molecule has 0 aliphatic carbocycles. The summed E-state index contributed by atoms with van der Waals surface area (Å²) in [5, 5.41) is 2.60. The van der Waals surface area contributed by atoms with Gasteiger partial charge in [0.2, 0.25) is 6.71 Å². The van der Waals surface area contributed by atoms with Crippen LogP contribution in [0.1, 0.15) is 0 Å². The molecule has 0 spiro atoms. The van der Waals surface area contributed by atoms with E-state index in [1.807, 2.05) is 0 Å². The minimum absolute atomic E-state index is 0.170. The lowest BCUT2D eigenvalue weighted by atomic mass is 9.34. The SMILES string of the molecule is c1ccc(-c2ccc(N3c4ccccc4B(c4cccc5ccccc45)c4ccccc43)cc2)cc1. The highest BCUT2D eigenvalue weighted by molar-refractivity contribution is 6.99. The van der Waals surface area contributed by atoms with Crippen LogP contribution in [0.3, 0.4) is 0 Å². The number of anilines is 3. The fourth-order valence-corrected chi connectivity index (χ4v) is 5.72. The maximum Gasteiger partial charge on any atom is 0.247 e. The van der Waals surface area contributed by atoms with E-state index in [-0.39, 0.29) is 6.71 Å². The molecule has 0 unspecified atom stereocenters. The van der Waals surface area contributed by atoms with E-state index in [1.54, 1.807) is 0 Å². The Morgan fingerprint density at radius 3 is 1.64 bits per heavy atom. The lowest BCUT2D eigenvalue weighted by molar-refractivity contribution is 1.29. The zero-order chi connectivity index (χ0) is 23.9. The van der Waals surface area contributed by atoms with Crippen molar-refractivity contribution in [1.29, 1.82) is 0 Å². The Kier molecular flexibility index (Phi) is 4.96. The summed E-state index contributed by atoms with van der Waals surface area (Å²) in [6.45, 7) is 0.170. The summed E-state index contributed by atoms with van der Waals surface area (Å²) in [6.07, 6.45) is 0. The molecule has 168 valence electrons. The quantitative estimate of drug-likeness (QED) is 0.264. The van der Waals surface area contributed by atoms with Crippen LogP contribution in [-0.4, -0.2) is 6.71 Å². The summed E-state index contributed by atoms with van der Waals surface area (Å²) >= 11 is 0. The molecule has 0 atom stereocenters. The summed E-state index contributed by atoms with van der Waals surface area (Å²) in [7, 11) is 0. The minimum Gasteiger partial charge on any atom is -0.312 e. The van der Waals surface area contributed by atoms with Crippen molar-refractivity contribution in [2.24, 2.45) is 0 Å².